The number of hydrogen-bond acceptors (Lipinski definition) is 3. The summed E-state index contributed by atoms with van der Waals surface area (Å²) in [5.74, 6) is 0.202. The van der Waals surface area contributed by atoms with Crippen molar-refractivity contribution in [3.63, 3.8) is 0 Å². The average Bonchev–Trinajstić information content (AvgIpc) is 2.60. The molecule has 1 atom stereocenters. The Morgan fingerprint density at radius 2 is 1.77 bits per heavy atom. The molecule has 2 N–H and O–H groups in total. The van der Waals surface area contributed by atoms with Crippen molar-refractivity contribution in [1.82, 2.24) is 4.90 Å². The van der Waals surface area contributed by atoms with Gasteiger partial charge in [0.15, 0.2) is 0 Å². The van der Waals surface area contributed by atoms with Crippen molar-refractivity contribution in [2.24, 2.45) is 0 Å². The molecule has 140 valence electrons. The zero-order valence-electron chi connectivity index (χ0n) is 14.0. The predicted molar refractivity (Wildman–Crippen MR) is 91.0 cm³/mol. The fourth-order valence-corrected chi connectivity index (χ4v) is 2.12. The lowest BCUT2D eigenvalue weighted by Crippen LogP contribution is -2.39. The third-order valence-electron chi connectivity index (χ3n) is 3.48. The van der Waals surface area contributed by atoms with Crippen LogP contribution in [0.1, 0.15) is 5.56 Å². The van der Waals surface area contributed by atoms with Gasteiger partial charge in [-0.05, 0) is 36.4 Å². The fraction of sp³-hybridized carbons (Fsp3) is 0.278. The van der Waals surface area contributed by atoms with E-state index in [1.807, 2.05) is 6.07 Å². The molecule has 8 heteroatoms. The molecular formula is C18H19F3N2O3. The molecule has 26 heavy (non-hydrogen) atoms. The number of anilines is 1. The van der Waals surface area contributed by atoms with Crippen LogP contribution >= 0.6 is 0 Å². The lowest BCUT2D eigenvalue weighted by atomic mass is 10.2. The Morgan fingerprint density at radius 3 is 2.35 bits per heavy atom. The Morgan fingerprint density at radius 1 is 1.15 bits per heavy atom. The number of carbonyl (C=O) groups is 1. The van der Waals surface area contributed by atoms with E-state index in [4.69, 9.17) is 4.74 Å². The Bertz CT molecular complexity index is 706. The number of para-hydroxylation sites is 1. The molecule has 2 rings (SSSR count). The van der Waals surface area contributed by atoms with Gasteiger partial charge >= 0.3 is 12.2 Å². The Balaban J connectivity index is 1.79. The van der Waals surface area contributed by atoms with Gasteiger partial charge in [0.25, 0.3) is 0 Å². The maximum atomic E-state index is 12.5. The monoisotopic (exact) mass is 368 g/mol. The van der Waals surface area contributed by atoms with E-state index < -0.39 is 23.9 Å². The number of likely N-dealkylation sites (N-methyl/N-ethyl adjacent to an activating group) is 1. The smallest absolute Gasteiger partial charge is 0.416 e. The summed E-state index contributed by atoms with van der Waals surface area (Å²) in [4.78, 5) is 13.3. The summed E-state index contributed by atoms with van der Waals surface area (Å²) < 4.78 is 42.7. The number of nitrogens with zero attached hydrogens (tertiary/aromatic N) is 1. The van der Waals surface area contributed by atoms with E-state index in [1.54, 1.807) is 24.3 Å². The van der Waals surface area contributed by atoms with Gasteiger partial charge in [-0.2, -0.15) is 13.2 Å². The van der Waals surface area contributed by atoms with E-state index in [9.17, 15) is 23.1 Å². The van der Waals surface area contributed by atoms with Crippen LogP contribution in [0.3, 0.4) is 0 Å². The fourth-order valence-electron chi connectivity index (χ4n) is 2.12. The SMILES string of the molecule is CN(CC(O)COc1ccc(C(F)(F)F)cc1)C(=O)Nc1ccccc1. The molecule has 2 aromatic carbocycles. The summed E-state index contributed by atoms with van der Waals surface area (Å²) in [5, 5.41) is 12.6. The lowest BCUT2D eigenvalue weighted by Gasteiger charge is -2.21. The highest BCUT2D eigenvalue weighted by Crippen LogP contribution is 2.30. The molecule has 1 unspecified atom stereocenters. The van der Waals surface area contributed by atoms with Crippen LogP contribution in [0.25, 0.3) is 0 Å². The normalized spacial score (nSPS) is 12.3. The highest BCUT2D eigenvalue weighted by atomic mass is 19.4. The number of aliphatic hydroxyl groups is 1. The van der Waals surface area contributed by atoms with E-state index >= 15 is 0 Å². The highest BCUT2D eigenvalue weighted by Gasteiger charge is 2.30. The van der Waals surface area contributed by atoms with Crippen molar-refractivity contribution in [3.8, 4) is 5.75 Å². The van der Waals surface area contributed by atoms with Gasteiger partial charge in [0.05, 0.1) is 12.1 Å². The largest absolute Gasteiger partial charge is 0.491 e. The summed E-state index contributed by atoms with van der Waals surface area (Å²) in [6.45, 7) is -0.159. The van der Waals surface area contributed by atoms with Crippen LogP contribution in [-0.2, 0) is 6.18 Å². The van der Waals surface area contributed by atoms with Gasteiger partial charge in [-0.15, -0.1) is 0 Å². The first-order valence-electron chi connectivity index (χ1n) is 7.81. The van der Waals surface area contributed by atoms with Gasteiger partial charge in [-0.3, -0.25) is 0 Å². The predicted octanol–water partition coefficient (Wildman–Crippen LogP) is 3.61. The van der Waals surface area contributed by atoms with Crippen LogP contribution in [0.15, 0.2) is 54.6 Å². The van der Waals surface area contributed by atoms with Gasteiger partial charge in [0.2, 0.25) is 0 Å². The van der Waals surface area contributed by atoms with Crippen LogP contribution in [-0.4, -0.2) is 42.3 Å². The topological polar surface area (TPSA) is 61.8 Å². The second-order valence-electron chi connectivity index (χ2n) is 5.66. The molecule has 0 aromatic heterocycles. The molecule has 0 saturated carbocycles. The number of alkyl halides is 3. The molecule has 2 amide bonds. The van der Waals surface area contributed by atoms with Crippen LogP contribution < -0.4 is 10.1 Å². The maximum Gasteiger partial charge on any atom is 0.416 e. The zero-order chi connectivity index (χ0) is 19.2. The molecule has 0 saturated heterocycles. The summed E-state index contributed by atoms with van der Waals surface area (Å²) in [5.41, 5.74) is -0.150. The van der Waals surface area contributed by atoms with Crippen molar-refractivity contribution in [3.05, 3.63) is 60.2 Å². The standard InChI is InChI=1S/C18H19F3N2O3/c1-23(17(25)22-14-5-3-2-4-6-14)11-15(24)12-26-16-9-7-13(8-10-16)18(19,20)21/h2-10,15,24H,11-12H2,1H3,(H,22,25). The molecule has 0 spiro atoms. The van der Waals surface area contributed by atoms with E-state index in [2.05, 4.69) is 5.32 Å². The third kappa shape index (κ3) is 5.96. The maximum absolute atomic E-state index is 12.5. The number of rotatable bonds is 6. The zero-order valence-corrected chi connectivity index (χ0v) is 14.0. The van der Waals surface area contributed by atoms with Gasteiger partial charge in [0.1, 0.15) is 18.5 Å². The average molecular weight is 368 g/mol. The van der Waals surface area contributed by atoms with E-state index in [-0.39, 0.29) is 18.9 Å². The van der Waals surface area contributed by atoms with Gasteiger partial charge < -0.3 is 20.1 Å². The summed E-state index contributed by atoms with van der Waals surface area (Å²) in [6.07, 6.45) is -5.41. The molecule has 0 aliphatic rings. The Labute approximate surface area is 149 Å². The van der Waals surface area contributed by atoms with Crippen molar-refractivity contribution in [2.75, 3.05) is 25.5 Å². The first kappa shape index (κ1) is 19.6. The molecular weight excluding hydrogens is 349 g/mol. The molecule has 2 aromatic rings. The first-order valence-corrected chi connectivity index (χ1v) is 7.81. The molecule has 0 heterocycles. The van der Waals surface area contributed by atoms with Crippen LogP contribution in [0, 0.1) is 0 Å². The molecule has 0 radical (unpaired) electrons. The van der Waals surface area contributed by atoms with Gasteiger partial charge in [0, 0.05) is 12.7 Å². The van der Waals surface area contributed by atoms with Crippen LogP contribution in [0.2, 0.25) is 0 Å². The number of aliphatic hydroxyl groups excluding tert-OH is 1. The highest BCUT2D eigenvalue weighted by molar-refractivity contribution is 5.89. The number of ether oxygens (including phenoxy) is 1. The van der Waals surface area contributed by atoms with Crippen LogP contribution in [0.4, 0.5) is 23.7 Å². The molecule has 0 aliphatic heterocycles. The Kier molecular flexibility index (Phi) is 6.46. The number of halogens is 3. The summed E-state index contributed by atoms with van der Waals surface area (Å²) in [7, 11) is 1.51. The van der Waals surface area contributed by atoms with E-state index in [1.165, 1.54) is 24.1 Å². The second kappa shape index (κ2) is 8.57. The first-order chi connectivity index (χ1) is 12.3. The quantitative estimate of drug-likeness (QED) is 0.819. The van der Waals surface area contributed by atoms with E-state index in [0.717, 1.165) is 12.1 Å². The van der Waals surface area contributed by atoms with Gasteiger partial charge in [-0.1, -0.05) is 18.2 Å². The summed E-state index contributed by atoms with van der Waals surface area (Å²) in [6, 6.07) is 12.6. The third-order valence-corrected chi connectivity index (χ3v) is 3.48. The molecule has 5 nitrogen and oxygen atoms in total. The number of nitrogens with one attached hydrogen (secondary N) is 1. The Hall–Kier alpha value is -2.74. The summed E-state index contributed by atoms with van der Waals surface area (Å²) >= 11 is 0. The van der Waals surface area contributed by atoms with Crippen LogP contribution in [0.5, 0.6) is 5.75 Å². The van der Waals surface area contributed by atoms with Crippen molar-refractivity contribution in [1.29, 1.82) is 0 Å². The van der Waals surface area contributed by atoms with Gasteiger partial charge in [-0.25, -0.2) is 4.79 Å². The lowest BCUT2D eigenvalue weighted by molar-refractivity contribution is -0.137. The minimum absolute atomic E-state index is 0.000693. The molecule has 0 bridgehead atoms. The van der Waals surface area contributed by atoms with Crippen molar-refractivity contribution in [2.45, 2.75) is 12.3 Å². The number of urea groups is 1. The van der Waals surface area contributed by atoms with E-state index in [0.29, 0.717) is 5.69 Å². The van der Waals surface area contributed by atoms with Crippen molar-refractivity contribution >= 4 is 11.7 Å². The van der Waals surface area contributed by atoms with Crippen molar-refractivity contribution < 1.29 is 27.8 Å². The number of benzene rings is 2. The number of amides is 2. The minimum Gasteiger partial charge on any atom is -0.491 e. The number of carbonyl (C=O) groups excluding carboxylic acids is 1. The minimum atomic E-state index is -4.41. The number of hydrogen-bond donors (Lipinski definition) is 2. The second-order valence-corrected chi connectivity index (χ2v) is 5.66. The molecule has 0 aliphatic carbocycles. The molecule has 0 fully saturated rings.